The van der Waals surface area contributed by atoms with Crippen LogP contribution in [0.4, 0.5) is 5.69 Å². The van der Waals surface area contributed by atoms with Crippen LogP contribution >= 0.6 is 0 Å². The predicted molar refractivity (Wildman–Crippen MR) is 61.0 cm³/mol. The van der Waals surface area contributed by atoms with Crippen molar-refractivity contribution in [1.29, 1.82) is 0 Å². The number of rotatable bonds is 2. The molecule has 1 aromatic heterocycles. The lowest BCUT2D eigenvalue weighted by molar-refractivity contribution is 0.0572. The lowest BCUT2D eigenvalue weighted by Gasteiger charge is -2.20. The molecule has 1 aliphatic rings. The highest BCUT2D eigenvalue weighted by Crippen LogP contribution is 2.23. The molecular weight excluding hydrogens is 224 g/mol. The van der Waals surface area contributed by atoms with Gasteiger partial charge in [-0.2, -0.15) is 0 Å². The van der Waals surface area contributed by atoms with E-state index in [1.165, 1.54) is 6.20 Å². The van der Waals surface area contributed by atoms with E-state index in [2.05, 4.69) is 10.1 Å². The minimum absolute atomic E-state index is 0.0294. The molecule has 0 aliphatic carbocycles. The third-order valence-electron chi connectivity index (χ3n) is 2.78. The van der Waals surface area contributed by atoms with Gasteiger partial charge >= 0.3 is 0 Å². The first kappa shape index (κ1) is 11.6. The summed E-state index contributed by atoms with van der Waals surface area (Å²) >= 11 is 0. The molecule has 1 aliphatic heterocycles. The van der Waals surface area contributed by atoms with Crippen LogP contribution in [0, 0.1) is 0 Å². The molecule has 0 spiro atoms. The summed E-state index contributed by atoms with van der Waals surface area (Å²) < 4.78 is 0. The molecule has 5 N–H and O–H groups in total. The Balaban J connectivity index is 2.33. The number of hydrogen-bond donors (Lipinski definition) is 4. The van der Waals surface area contributed by atoms with Gasteiger partial charge in [0.25, 0.3) is 0 Å². The number of aromatic nitrogens is 1. The molecule has 1 fully saturated rings. The quantitative estimate of drug-likeness (QED) is 0.221. The highest BCUT2D eigenvalue weighted by molar-refractivity contribution is 6.02. The maximum absolute atomic E-state index is 9.49. The molecule has 2 unspecified atom stereocenters. The molecule has 2 rings (SSSR count). The molecule has 0 amide bonds. The normalized spacial score (nSPS) is 25.3. The van der Waals surface area contributed by atoms with E-state index in [0.29, 0.717) is 24.3 Å². The second-order valence-corrected chi connectivity index (χ2v) is 3.92. The third-order valence-corrected chi connectivity index (χ3v) is 2.78. The van der Waals surface area contributed by atoms with E-state index in [0.717, 1.165) is 0 Å². The van der Waals surface area contributed by atoms with Crippen molar-refractivity contribution in [2.24, 2.45) is 10.9 Å². The molecule has 7 heteroatoms. The number of amidine groups is 1. The van der Waals surface area contributed by atoms with E-state index in [9.17, 15) is 10.2 Å². The Kier molecular flexibility index (Phi) is 3.12. The number of pyridine rings is 1. The first-order valence-corrected chi connectivity index (χ1v) is 5.16. The van der Waals surface area contributed by atoms with E-state index in [1.54, 1.807) is 17.2 Å². The second-order valence-electron chi connectivity index (χ2n) is 3.92. The average molecular weight is 238 g/mol. The predicted octanol–water partition coefficient (Wildman–Crippen LogP) is -1.28. The highest BCUT2D eigenvalue weighted by atomic mass is 16.4. The number of nitrogens with two attached hydrogens (primary N) is 1. The number of nitrogens with zero attached hydrogens (tertiary/aromatic N) is 3. The summed E-state index contributed by atoms with van der Waals surface area (Å²) in [6.45, 7) is 0.580. The number of aliphatic hydroxyl groups is 2. The van der Waals surface area contributed by atoms with Crippen LogP contribution in [-0.2, 0) is 0 Å². The fraction of sp³-hybridized carbons (Fsp3) is 0.400. The summed E-state index contributed by atoms with van der Waals surface area (Å²) in [6, 6.07) is 1.61. The van der Waals surface area contributed by atoms with Crippen LogP contribution in [0.3, 0.4) is 0 Å². The van der Waals surface area contributed by atoms with E-state index in [-0.39, 0.29) is 5.84 Å². The number of anilines is 1. The van der Waals surface area contributed by atoms with Crippen LogP contribution < -0.4 is 10.6 Å². The van der Waals surface area contributed by atoms with Gasteiger partial charge in [0.2, 0.25) is 0 Å². The zero-order valence-corrected chi connectivity index (χ0v) is 9.06. The van der Waals surface area contributed by atoms with E-state index < -0.39 is 12.2 Å². The first-order valence-electron chi connectivity index (χ1n) is 5.16. The van der Waals surface area contributed by atoms with Crippen molar-refractivity contribution < 1.29 is 15.4 Å². The minimum Gasteiger partial charge on any atom is -0.409 e. The topological polar surface area (TPSA) is 115 Å². The van der Waals surface area contributed by atoms with Gasteiger partial charge in [0.1, 0.15) is 0 Å². The van der Waals surface area contributed by atoms with Gasteiger partial charge in [-0.3, -0.25) is 4.98 Å². The van der Waals surface area contributed by atoms with Crippen molar-refractivity contribution in [3.63, 3.8) is 0 Å². The number of aliphatic hydroxyl groups excluding tert-OH is 2. The molecule has 17 heavy (non-hydrogen) atoms. The zero-order valence-electron chi connectivity index (χ0n) is 9.06. The fourth-order valence-corrected chi connectivity index (χ4v) is 1.87. The van der Waals surface area contributed by atoms with Gasteiger partial charge < -0.3 is 26.1 Å². The molecule has 2 heterocycles. The molecule has 0 radical (unpaired) electrons. The lowest BCUT2D eigenvalue weighted by atomic mass is 10.2. The molecule has 0 aromatic carbocycles. The van der Waals surface area contributed by atoms with Crippen molar-refractivity contribution in [3.05, 3.63) is 24.0 Å². The Morgan fingerprint density at radius 1 is 1.41 bits per heavy atom. The standard InChI is InChI=1S/C10H14N4O3/c11-10(13-17)6-1-2-12-3-7(6)14-4-8(15)9(16)5-14/h1-3,8-9,15-17H,4-5H2,(H2,11,13). The van der Waals surface area contributed by atoms with E-state index in [4.69, 9.17) is 10.9 Å². The van der Waals surface area contributed by atoms with Gasteiger partial charge in [0.15, 0.2) is 5.84 Å². The van der Waals surface area contributed by atoms with Gasteiger partial charge in [-0.1, -0.05) is 5.16 Å². The summed E-state index contributed by atoms with van der Waals surface area (Å²) in [7, 11) is 0. The average Bonchev–Trinajstić information content (AvgIpc) is 2.68. The van der Waals surface area contributed by atoms with Crippen molar-refractivity contribution in [1.82, 2.24) is 4.98 Å². The molecular formula is C10H14N4O3. The van der Waals surface area contributed by atoms with Crippen molar-refractivity contribution in [2.75, 3.05) is 18.0 Å². The summed E-state index contributed by atoms with van der Waals surface area (Å²) in [4.78, 5) is 5.71. The summed E-state index contributed by atoms with van der Waals surface area (Å²) in [6.07, 6.45) is 1.49. The number of β-amino-alcohol motifs (C(OH)–C–C–N with tert-alkyl or cyclic N) is 2. The Morgan fingerprint density at radius 2 is 2.06 bits per heavy atom. The summed E-state index contributed by atoms with van der Waals surface area (Å²) in [5.41, 5.74) is 6.69. The van der Waals surface area contributed by atoms with E-state index in [1.807, 2.05) is 0 Å². The number of oxime groups is 1. The smallest absolute Gasteiger partial charge is 0.172 e. The van der Waals surface area contributed by atoms with Crippen LogP contribution in [0.25, 0.3) is 0 Å². The molecule has 0 saturated carbocycles. The van der Waals surface area contributed by atoms with Gasteiger partial charge in [-0.25, -0.2) is 0 Å². The van der Waals surface area contributed by atoms with Crippen molar-refractivity contribution in [2.45, 2.75) is 12.2 Å². The Labute approximate surface area is 97.8 Å². The van der Waals surface area contributed by atoms with Gasteiger partial charge in [-0.15, -0.1) is 0 Å². The molecule has 1 aromatic rings. The van der Waals surface area contributed by atoms with E-state index >= 15 is 0 Å². The molecule has 1 saturated heterocycles. The second kappa shape index (κ2) is 4.56. The minimum atomic E-state index is -0.796. The Hall–Kier alpha value is -1.86. The van der Waals surface area contributed by atoms with Gasteiger partial charge in [-0.05, 0) is 6.07 Å². The van der Waals surface area contributed by atoms with Crippen molar-refractivity contribution >= 4 is 11.5 Å². The monoisotopic (exact) mass is 238 g/mol. The van der Waals surface area contributed by atoms with Crippen LogP contribution in [0.15, 0.2) is 23.6 Å². The molecule has 92 valence electrons. The largest absolute Gasteiger partial charge is 0.409 e. The fourth-order valence-electron chi connectivity index (χ4n) is 1.87. The Morgan fingerprint density at radius 3 is 2.65 bits per heavy atom. The van der Waals surface area contributed by atoms with Gasteiger partial charge in [0, 0.05) is 24.8 Å². The zero-order chi connectivity index (χ0) is 12.4. The van der Waals surface area contributed by atoms with Crippen LogP contribution in [0.2, 0.25) is 0 Å². The summed E-state index contributed by atoms with van der Waals surface area (Å²) in [5.74, 6) is -0.0294. The molecule has 0 bridgehead atoms. The third kappa shape index (κ3) is 2.15. The molecule has 2 atom stereocenters. The highest BCUT2D eigenvalue weighted by Gasteiger charge is 2.31. The lowest BCUT2D eigenvalue weighted by Crippen LogP contribution is -2.25. The summed E-state index contributed by atoms with van der Waals surface area (Å²) in [5, 5.41) is 30.6. The first-order chi connectivity index (χ1) is 8.13. The van der Waals surface area contributed by atoms with Crippen molar-refractivity contribution in [3.8, 4) is 0 Å². The maximum atomic E-state index is 9.49. The van der Waals surface area contributed by atoms with Gasteiger partial charge in [0.05, 0.1) is 24.1 Å². The Bertz CT molecular complexity index is 427. The number of hydrogen-bond acceptors (Lipinski definition) is 6. The SMILES string of the molecule is N/C(=N/O)c1ccncc1N1CC(O)C(O)C1. The molecule has 7 nitrogen and oxygen atoms in total. The maximum Gasteiger partial charge on any atom is 0.172 e. The van der Waals surface area contributed by atoms with Crippen LogP contribution in [0.1, 0.15) is 5.56 Å². The van der Waals surface area contributed by atoms with Crippen LogP contribution in [0.5, 0.6) is 0 Å². The van der Waals surface area contributed by atoms with Crippen LogP contribution in [-0.4, -0.2) is 51.5 Å².